The number of ketones is 1. The van der Waals surface area contributed by atoms with E-state index in [0.29, 0.717) is 0 Å². The molecule has 3 fully saturated rings. The maximum atomic E-state index is 12.4. The quantitative estimate of drug-likeness (QED) is 0.168. The van der Waals surface area contributed by atoms with Crippen molar-refractivity contribution in [2.45, 2.75) is 92.1 Å². The van der Waals surface area contributed by atoms with E-state index in [2.05, 4.69) is 0 Å². The van der Waals surface area contributed by atoms with Gasteiger partial charge >= 0.3 is 0 Å². The van der Waals surface area contributed by atoms with Crippen LogP contribution in [0.3, 0.4) is 0 Å². The summed E-state index contributed by atoms with van der Waals surface area (Å²) in [7, 11) is 0. The number of aliphatic hydroxyl groups excluding tert-OH is 6. The van der Waals surface area contributed by atoms with Crippen LogP contribution in [0.4, 0.5) is 0 Å². The van der Waals surface area contributed by atoms with Crippen LogP contribution in [0.5, 0.6) is 0 Å². The van der Waals surface area contributed by atoms with Gasteiger partial charge in [-0.2, -0.15) is 0 Å². The van der Waals surface area contributed by atoms with Crippen molar-refractivity contribution in [2.24, 2.45) is 22.9 Å². The minimum Gasteiger partial charge on any atom is -0.394 e. The molecular formula is C18H34N4O11. The first kappa shape index (κ1) is 26.7. The van der Waals surface area contributed by atoms with Gasteiger partial charge in [-0.25, -0.2) is 0 Å². The lowest BCUT2D eigenvalue weighted by molar-refractivity contribution is -0.323. The normalized spacial score (nSPS) is 51.5. The first-order chi connectivity index (χ1) is 15.5. The van der Waals surface area contributed by atoms with Gasteiger partial charge < -0.3 is 72.5 Å². The lowest BCUT2D eigenvalue weighted by Gasteiger charge is -2.47. The number of hydrogen-bond donors (Lipinski definition) is 10. The lowest BCUT2D eigenvalue weighted by atomic mass is 9.84. The number of carbonyl (C=O) groups is 1. The van der Waals surface area contributed by atoms with Gasteiger partial charge in [0.15, 0.2) is 6.29 Å². The zero-order chi connectivity index (χ0) is 24.6. The van der Waals surface area contributed by atoms with Crippen molar-refractivity contribution in [2.75, 3.05) is 13.2 Å². The van der Waals surface area contributed by atoms with Crippen molar-refractivity contribution in [3.05, 3.63) is 0 Å². The molecule has 3 rings (SSSR count). The number of hydrogen-bond acceptors (Lipinski definition) is 15. The van der Waals surface area contributed by atoms with Crippen molar-refractivity contribution in [1.29, 1.82) is 0 Å². The molecule has 14 N–H and O–H groups in total. The van der Waals surface area contributed by atoms with Crippen LogP contribution >= 0.6 is 0 Å². The summed E-state index contributed by atoms with van der Waals surface area (Å²) in [4.78, 5) is 12.4. The molecule has 3 aliphatic rings. The number of Topliss-reactive ketones (excluding diaryl/α,β-unsaturated/α-hetero) is 1. The molecular weight excluding hydrogens is 448 g/mol. The summed E-state index contributed by atoms with van der Waals surface area (Å²) in [6, 6.07) is -3.12. The van der Waals surface area contributed by atoms with Crippen molar-refractivity contribution in [3.8, 4) is 0 Å². The standard InChI is InChI=1S/C18H34N4O11/c19-2-6-10(25)12(27)13(28)18(30-6)33-16-5(21)1-4(20)15(14(16)29)32-17-11(26)8(22)9(24)7(3-23)31-17/h4-10,12-18,23-25,27-29H,1-3,19-22H2. The second-order valence-electron chi connectivity index (χ2n) is 8.61. The van der Waals surface area contributed by atoms with Crippen molar-refractivity contribution >= 4 is 5.78 Å². The van der Waals surface area contributed by atoms with Crippen LogP contribution in [-0.2, 0) is 23.7 Å². The van der Waals surface area contributed by atoms with Crippen LogP contribution in [0, 0.1) is 0 Å². The first-order valence-electron chi connectivity index (χ1n) is 10.6. The summed E-state index contributed by atoms with van der Waals surface area (Å²) in [6.07, 6.45) is -15.5. The lowest BCUT2D eigenvalue weighted by Crippen LogP contribution is -2.68. The highest BCUT2D eigenvalue weighted by Gasteiger charge is 2.51. The Morgan fingerprint density at radius 1 is 0.818 bits per heavy atom. The van der Waals surface area contributed by atoms with Crippen LogP contribution in [0.2, 0.25) is 0 Å². The van der Waals surface area contributed by atoms with E-state index in [1.165, 1.54) is 0 Å². The van der Waals surface area contributed by atoms with Gasteiger partial charge in [-0.3, -0.25) is 4.79 Å². The minimum atomic E-state index is -1.68. The zero-order valence-corrected chi connectivity index (χ0v) is 17.7. The SMILES string of the molecule is NCC1OC(OC2C(N)CC(N)C(OC3OC(CO)C(O)C(N)C3=O)C2O)C(O)C(O)C1O. The Balaban J connectivity index is 1.73. The van der Waals surface area contributed by atoms with Crippen molar-refractivity contribution in [3.63, 3.8) is 0 Å². The molecule has 0 aromatic heterocycles. The average Bonchev–Trinajstić information content (AvgIpc) is 2.79. The molecule has 33 heavy (non-hydrogen) atoms. The van der Waals surface area contributed by atoms with Gasteiger partial charge in [0.05, 0.1) is 12.6 Å². The predicted molar refractivity (Wildman–Crippen MR) is 107 cm³/mol. The summed E-state index contributed by atoms with van der Waals surface area (Å²) >= 11 is 0. The van der Waals surface area contributed by atoms with Gasteiger partial charge in [0.1, 0.15) is 54.9 Å². The Morgan fingerprint density at radius 3 is 2.00 bits per heavy atom. The number of nitrogens with two attached hydrogens (primary N) is 4. The summed E-state index contributed by atoms with van der Waals surface area (Å²) in [5, 5.41) is 60.4. The number of ether oxygens (including phenoxy) is 4. The van der Waals surface area contributed by atoms with E-state index < -0.39 is 98.0 Å². The highest BCUT2D eigenvalue weighted by Crippen LogP contribution is 2.30. The highest BCUT2D eigenvalue weighted by molar-refractivity contribution is 5.88. The van der Waals surface area contributed by atoms with Crippen LogP contribution in [-0.4, -0.2) is 135 Å². The molecule has 14 unspecified atom stereocenters. The summed E-state index contributed by atoms with van der Waals surface area (Å²) in [5.41, 5.74) is 23.4. The van der Waals surface area contributed by atoms with Gasteiger partial charge in [-0.15, -0.1) is 0 Å². The molecule has 0 bridgehead atoms. The molecule has 0 amide bonds. The second-order valence-corrected chi connectivity index (χ2v) is 8.61. The van der Waals surface area contributed by atoms with E-state index in [1.54, 1.807) is 0 Å². The molecule has 15 nitrogen and oxygen atoms in total. The van der Waals surface area contributed by atoms with E-state index in [4.69, 9.17) is 41.9 Å². The van der Waals surface area contributed by atoms with E-state index in [9.17, 15) is 35.4 Å². The van der Waals surface area contributed by atoms with Crippen molar-refractivity contribution in [1.82, 2.24) is 0 Å². The third kappa shape index (κ3) is 5.21. The molecule has 2 saturated heterocycles. The zero-order valence-electron chi connectivity index (χ0n) is 17.7. The molecule has 14 atom stereocenters. The largest absolute Gasteiger partial charge is 0.394 e. The highest BCUT2D eigenvalue weighted by atomic mass is 16.7. The Bertz CT molecular complexity index is 675. The second kappa shape index (κ2) is 10.8. The Hall–Kier alpha value is -0.890. The van der Waals surface area contributed by atoms with Crippen LogP contribution in [0.25, 0.3) is 0 Å². The molecule has 0 spiro atoms. The fourth-order valence-electron chi connectivity index (χ4n) is 4.27. The fraction of sp³-hybridized carbons (Fsp3) is 0.944. The molecule has 15 heteroatoms. The third-order valence-corrected chi connectivity index (χ3v) is 6.32. The van der Waals surface area contributed by atoms with E-state index in [-0.39, 0.29) is 13.0 Å². The van der Waals surface area contributed by atoms with Crippen LogP contribution < -0.4 is 22.9 Å². The van der Waals surface area contributed by atoms with E-state index in [1.807, 2.05) is 0 Å². The van der Waals surface area contributed by atoms with E-state index in [0.717, 1.165) is 0 Å². The minimum absolute atomic E-state index is 0.0553. The van der Waals surface area contributed by atoms with Crippen LogP contribution in [0.1, 0.15) is 6.42 Å². The topological polar surface area (TPSA) is 279 Å². The maximum Gasteiger partial charge on any atom is 0.220 e. The number of aliphatic hydroxyl groups is 6. The molecule has 2 heterocycles. The fourth-order valence-corrected chi connectivity index (χ4v) is 4.27. The molecule has 0 aromatic carbocycles. The molecule has 2 aliphatic heterocycles. The molecule has 1 saturated carbocycles. The molecule has 0 aromatic rings. The van der Waals surface area contributed by atoms with Gasteiger partial charge in [0, 0.05) is 18.6 Å². The smallest absolute Gasteiger partial charge is 0.220 e. The molecule has 0 radical (unpaired) electrons. The van der Waals surface area contributed by atoms with Gasteiger partial charge in [-0.05, 0) is 6.42 Å². The Labute approximate surface area is 189 Å². The predicted octanol–water partition coefficient (Wildman–Crippen LogP) is -7.08. The Kier molecular flexibility index (Phi) is 8.74. The van der Waals surface area contributed by atoms with Gasteiger partial charge in [0.2, 0.25) is 12.1 Å². The summed E-state index contributed by atoms with van der Waals surface area (Å²) in [5.74, 6) is -0.812. The third-order valence-electron chi connectivity index (χ3n) is 6.32. The summed E-state index contributed by atoms with van der Waals surface area (Å²) in [6.45, 7) is -0.814. The maximum absolute atomic E-state index is 12.4. The van der Waals surface area contributed by atoms with Crippen LogP contribution in [0.15, 0.2) is 0 Å². The van der Waals surface area contributed by atoms with Gasteiger partial charge in [-0.1, -0.05) is 0 Å². The average molecular weight is 482 g/mol. The Morgan fingerprint density at radius 2 is 1.42 bits per heavy atom. The van der Waals surface area contributed by atoms with Gasteiger partial charge in [0.25, 0.3) is 0 Å². The van der Waals surface area contributed by atoms with E-state index >= 15 is 0 Å². The molecule has 192 valence electrons. The first-order valence-corrected chi connectivity index (χ1v) is 10.6. The number of carbonyl (C=O) groups excluding carboxylic acids is 1. The monoisotopic (exact) mass is 482 g/mol. The van der Waals surface area contributed by atoms with Crippen molar-refractivity contribution < 1.29 is 54.4 Å². The number of rotatable bonds is 6. The molecule has 1 aliphatic carbocycles. The summed E-state index contributed by atoms with van der Waals surface area (Å²) < 4.78 is 22.0.